The van der Waals surface area contributed by atoms with E-state index in [4.69, 9.17) is 27.9 Å². The summed E-state index contributed by atoms with van der Waals surface area (Å²) in [6.07, 6.45) is 1.01. The molecule has 2 aromatic rings. The zero-order valence-corrected chi connectivity index (χ0v) is 10.8. The van der Waals surface area contributed by atoms with Gasteiger partial charge >= 0.3 is 12.1 Å². The minimum absolute atomic E-state index is 0.127. The van der Waals surface area contributed by atoms with E-state index in [2.05, 4.69) is 15.3 Å². The van der Waals surface area contributed by atoms with Gasteiger partial charge in [0.25, 0.3) is 0 Å². The van der Waals surface area contributed by atoms with Gasteiger partial charge in [-0.3, -0.25) is 0 Å². The average molecular weight is 286 g/mol. The van der Waals surface area contributed by atoms with Crippen molar-refractivity contribution in [3.63, 3.8) is 0 Å². The van der Waals surface area contributed by atoms with Crippen molar-refractivity contribution >= 4 is 46.4 Å². The Morgan fingerprint density at radius 3 is 2.94 bits per heavy atom. The molecule has 0 atom stereocenters. The van der Waals surface area contributed by atoms with Crippen LogP contribution in [0.25, 0.3) is 17.1 Å². The van der Waals surface area contributed by atoms with Crippen molar-refractivity contribution in [2.24, 2.45) is 0 Å². The zero-order valence-electron chi connectivity index (χ0n) is 9.33. The van der Waals surface area contributed by atoms with Gasteiger partial charge in [0.1, 0.15) is 4.49 Å². The van der Waals surface area contributed by atoms with E-state index in [9.17, 15) is 4.79 Å². The number of ether oxygens (including phenoxy) is 1. The monoisotopic (exact) mass is 285 g/mol. The SMILES string of the molecule is CNC(=O)Oc1nc2ccc(C=C(Cl)Cl)cc2[nH]1. The molecule has 0 aliphatic heterocycles. The molecule has 1 aromatic heterocycles. The molecule has 94 valence electrons. The van der Waals surface area contributed by atoms with E-state index in [1.165, 1.54) is 7.05 Å². The first-order valence-electron chi connectivity index (χ1n) is 5.00. The second-order valence-electron chi connectivity index (χ2n) is 3.39. The fraction of sp³-hybridized carbons (Fsp3) is 0.0909. The van der Waals surface area contributed by atoms with Crippen molar-refractivity contribution < 1.29 is 9.53 Å². The lowest BCUT2D eigenvalue weighted by atomic mass is 10.2. The third-order valence-electron chi connectivity index (χ3n) is 2.15. The molecule has 0 unspecified atom stereocenters. The van der Waals surface area contributed by atoms with Crippen LogP contribution in [0.1, 0.15) is 5.56 Å². The maximum Gasteiger partial charge on any atom is 0.414 e. The standard InChI is InChI=1S/C11H9Cl2N3O2/c1-14-11(17)18-10-15-7-3-2-6(5-9(12)13)4-8(7)16-10/h2-5H,1H3,(H,14,17)(H,15,16). The van der Waals surface area contributed by atoms with E-state index < -0.39 is 6.09 Å². The highest BCUT2D eigenvalue weighted by Gasteiger charge is 2.07. The van der Waals surface area contributed by atoms with E-state index in [1.54, 1.807) is 24.3 Å². The number of amides is 1. The summed E-state index contributed by atoms with van der Waals surface area (Å²) in [5.41, 5.74) is 2.21. The Balaban J connectivity index is 2.33. The lowest BCUT2D eigenvalue weighted by Crippen LogP contribution is -2.22. The van der Waals surface area contributed by atoms with Gasteiger partial charge in [-0.1, -0.05) is 29.3 Å². The van der Waals surface area contributed by atoms with Gasteiger partial charge in [-0.05, 0) is 23.8 Å². The van der Waals surface area contributed by atoms with Crippen LogP contribution in [0.4, 0.5) is 4.79 Å². The third-order valence-corrected chi connectivity index (χ3v) is 2.37. The molecule has 18 heavy (non-hydrogen) atoms. The first kappa shape index (κ1) is 12.7. The smallest absolute Gasteiger partial charge is 0.375 e. The van der Waals surface area contributed by atoms with Crippen molar-refractivity contribution in [3.05, 3.63) is 28.3 Å². The number of nitrogens with one attached hydrogen (secondary N) is 2. The second-order valence-corrected chi connectivity index (χ2v) is 4.40. The topological polar surface area (TPSA) is 67.0 Å². The molecule has 0 saturated carbocycles. The number of imidazole rings is 1. The van der Waals surface area contributed by atoms with Crippen LogP contribution < -0.4 is 10.1 Å². The van der Waals surface area contributed by atoms with Crippen molar-refractivity contribution in [2.75, 3.05) is 7.05 Å². The molecule has 0 fully saturated rings. The minimum Gasteiger partial charge on any atom is -0.375 e. The van der Waals surface area contributed by atoms with Gasteiger partial charge < -0.3 is 15.0 Å². The van der Waals surface area contributed by atoms with Crippen molar-refractivity contribution in [3.8, 4) is 6.01 Å². The van der Waals surface area contributed by atoms with Gasteiger partial charge in [-0.2, -0.15) is 4.98 Å². The number of halogens is 2. The second kappa shape index (κ2) is 5.29. The van der Waals surface area contributed by atoms with Gasteiger partial charge in [0.2, 0.25) is 0 Å². The fourth-order valence-corrected chi connectivity index (χ4v) is 1.66. The fourth-order valence-electron chi connectivity index (χ4n) is 1.41. The molecule has 1 heterocycles. The molecule has 0 spiro atoms. The third kappa shape index (κ3) is 2.94. The predicted octanol–water partition coefficient (Wildman–Crippen LogP) is 3.06. The first-order chi connectivity index (χ1) is 8.58. The number of nitrogens with zero attached hydrogens (tertiary/aromatic N) is 1. The van der Waals surface area contributed by atoms with Crippen LogP contribution in [0.15, 0.2) is 22.7 Å². The van der Waals surface area contributed by atoms with Gasteiger partial charge in [0.15, 0.2) is 0 Å². The molecule has 1 amide bonds. The average Bonchev–Trinajstić information content (AvgIpc) is 2.69. The van der Waals surface area contributed by atoms with Crippen LogP contribution in [0.2, 0.25) is 0 Å². The molecule has 0 radical (unpaired) electrons. The molecule has 0 bridgehead atoms. The molecule has 0 aliphatic carbocycles. The molecular weight excluding hydrogens is 277 g/mol. The Hall–Kier alpha value is -1.72. The maximum atomic E-state index is 11.0. The van der Waals surface area contributed by atoms with E-state index in [-0.39, 0.29) is 10.5 Å². The van der Waals surface area contributed by atoms with Crippen LogP contribution in [0.5, 0.6) is 6.01 Å². The number of benzene rings is 1. The number of rotatable bonds is 2. The summed E-state index contributed by atoms with van der Waals surface area (Å²) in [6.45, 7) is 0. The quantitative estimate of drug-likeness (QED) is 0.891. The van der Waals surface area contributed by atoms with Gasteiger partial charge in [0, 0.05) is 7.05 Å². The summed E-state index contributed by atoms with van der Waals surface area (Å²) in [4.78, 5) is 18.0. The Bertz CT molecular complexity index is 618. The Morgan fingerprint density at radius 2 is 2.28 bits per heavy atom. The van der Waals surface area contributed by atoms with Gasteiger partial charge in [0.05, 0.1) is 11.0 Å². The molecule has 5 nitrogen and oxygen atoms in total. The Morgan fingerprint density at radius 1 is 1.50 bits per heavy atom. The molecular formula is C11H9Cl2N3O2. The molecule has 1 aromatic carbocycles. The zero-order chi connectivity index (χ0) is 13.1. The van der Waals surface area contributed by atoms with Gasteiger partial charge in [-0.25, -0.2) is 4.79 Å². The van der Waals surface area contributed by atoms with Crippen molar-refractivity contribution in [1.82, 2.24) is 15.3 Å². The Labute approximate surface area is 113 Å². The van der Waals surface area contributed by atoms with E-state index in [0.29, 0.717) is 5.52 Å². The molecule has 0 saturated heterocycles. The number of H-pyrrole nitrogens is 1. The van der Waals surface area contributed by atoms with Gasteiger partial charge in [-0.15, -0.1) is 0 Å². The highest BCUT2D eigenvalue weighted by Crippen LogP contribution is 2.20. The van der Waals surface area contributed by atoms with Crippen LogP contribution in [0, 0.1) is 0 Å². The van der Waals surface area contributed by atoms with Crippen molar-refractivity contribution in [1.29, 1.82) is 0 Å². The maximum absolute atomic E-state index is 11.0. The normalized spacial score (nSPS) is 10.2. The number of hydrogen-bond donors (Lipinski definition) is 2. The summed E-state index contributed by atoms with van der Waals surface area (Å²) in [5, 5.41) is 2.33. The highest BCUT2D eigenvalue weighted by atomic mass is 35.5. The molecule has 2 rings (SSSR count). The number of carbonyl (C=O) groups is 1. The number of fused-ring (bicyclic) bond motifs is 1. The minimum atomic E-state index is -0.585. The Kier molecular flexibility index (Phi) is 3.74. The lowest BCUT2D eigenvalue weighted by molar-refractivity contribution is 0.199. The van der Waals surface area contributed by atoms with E-state index >= 15 is 0 Å². The highest BCUT2D eigenvalue weighted by molar-refractivity contribution is 6.57. The summed E-state index contributed by atoms with van der Waals surface area (Å²) in [5.74, 6) is 0. The first-order valence-corrected chi connectivity index (χ1v) is 5.76. The molecule has 2 N–H and O–H groups in total. The van der Waals surface area contributed by atoms with Crippen molar-refractivity contribution in [2.45, 2.75) is 0 Å². The summed E-state index contributed by atoms with van der Waals surface area (Å²) < 4.78 is 5.05. The number of aromatic nitrogens is 2. The summed E-state index contributed by atoms with van der Waals surface area (Å²) in [6, 6.07) is 5.49. The van der Waals surface area contributed by atoms with Crippen LogP contribution in [0.3, 0.4) is 0 Å². The molecule has 0 aliphatic rings. The van der Waals surface area contributed by atoms with E-state index in [0.717, 1.165) is 11.1 Å². The van der Waals surface area contributed by atoms with E-state index in [1.807, 2.05) is 0 Å². The lowest BCUT2D eigenvalue weighted by Gasteiger charge is -1.96. The number of hydrogen-bond acceptors (Lipinski definition) is 3. The predicted molar refractivity (Wildman–Crippen MR) is 70.9 cm³/mol. The summed E-state index contributed by atoms with van der Waals surface area (Å²) >= 11 is 11.2. The number of carbonyl (C=O) groups excluding carboxylic acids is 1. The summed E-state index contributed by atoms with van der Waals surface area (Å²) in [7, 11) is 1.47. The van der Waals surface area contributed by atoms with Crippen LogP contribution in [-0.2, 0) is 0 Å². The largest absolute Gasteiger partial charge is 0.414 e. The molecule has 7 heteroatoms. The van der Waals surface area contributed by atoms with Crippen LogP contribution in [-0.4, -0.2) is 23.1 Å². The van der Waals surface area contributed by atoms with Crippen LogP contribution >= 0.6 is 23.2 Å². The number of aromatic amines is 1.